The van der Waals surface area contributed by atoms with Gasteiger partial charge in [-0.1, -0.05) is 29.4 Å². The van der Waals surface area contributed by atoms with Crippen LogP contribution in [0.5, 0.6) is 0 Å². The molecule has 1 aliphatic rings. The first-order valence-electron chi connectivity index (χ1n) is 8.06. The van der Waals surface area contributed by atoms with Crippen molar-refractivity contribution >= 4 is 21.4 Å². The lowest BCUT2D eigenvalue weighted by Crippen LogP contribution is -2.36. The minimum atomic E-state index is -3.62. The highest BCUT2D eigenvalue weighted by atomic mass is 32.2. The number of fused-ring (bicyclic) bond motifs is 1. The fourth-order valence-electron chi connectivity index (χ4n) is 3.41. The molecule has 0 aliphatic carbocycles. The van der Waals surface area contributed by atoms with Crippen LogP contribution in [0, 0.1) is 13.8 Å². The Hall–Kier alpha value is -1.96. The lowest BCUT2D eigenvalue weighted by molar-refractivity contribution is 0.391. The first kappa shape index (κ1) is 16.5. The van der Waals surface area contributed by atoms with Gasteiger partial charge in [-0.15, -0.1) is 11.3 Å². The van der Waals surface area contributed by atoms with Gasteiger partial charge < -0.3 is 4.52 Å². The average molecular weight is 374 g/mol. The Labute approximate surface area is 150 Å². The van der Waals surface area contributed by atoms with Crippen LogP contribution < -0.4 is 0 Å². The number of sulfonamides is 1. The maximum atomic E-state index is 13.4. The van der Waals surface area contributed by atoms with E-state index in [0.717, 1.165) is 21.7 Å². The number of hydrogen-bond acceptors (Lipinski definition) is 5. The number of rotatable bonds is 3. The molecule has 0 radical (unpaired) electrons. The van der Waals surface area contributed by atoms with Crippen LogP contribution in [0.4, 0.5) is 0 Å². The molecule has 1 aromatic carbocycles. The van der Waals surface area contributed by atoms with Gasteiger partial charge in [0.15, 0.2) is 5.76 Å². The second-order valence-electron chi connectivity index (χ2n) is 6.15. The summed E-state index contributed by atoms with van der Waals surface area (Å²) in [4.78, 5) is 2.05. The molecular weight excluding hydrogens is 356 g/mol. The Balaban J connectivity index is 1.80. The highest BCUT2D eigenvalue weighted by Crippen LogP contribution is 2.41. The lowest BCUT2D eigenvalue weighted by Gasteiger charge is -2.28. The molecule has 2 aromatic heterocycles. The molecule has 4 rings (SSSR count). The van der Waals surface area contributed by atoms with Crippen molar-refractivity contribution in [2.24, 2.45) is 0 Å². The van der Waals surface area contributed by atoms with Crippen LogP contribution in [0.25, 0.3) is 11.3 Å². The zero-order chi connectivity index (χ0) is 17.6. The second-order valence-corrected chi connectivity index (χ2v) is 9.46. The van der Waals surface area contributed by atoms with Crippen LogP contribution in [0.3, 0.4) is 0 Å². The van der Waals surface area contributed by atoms with Crippen LogP contribution in [0.1, 0.15) is 20.9 Å². The van der Waals surface area contributed by atoms with Crippen LogP contribution in [-0.4, -0.2) is 24.4 Å². The maximum absolute atomic E-state index is 13.4. The summed E-state index contributed by atoms with van der Waals surface area (Å²) in [6.07, 6.45) is 2.27. The normalized spacial score (nSPS) is 15.3. The van der Waals surface area contributed by atoms with Crippen LogP contribution in [0.15, 0.2) is 45.9 Å². The van der Waals surface area contributed by atoms with Crippen molar-refractivity contribution in [3.8, 4) is 11.3 Å². The van der Waals surface area contributed by atoms with E-state index < -0.39 is 10.0 Å². The van der Waals surface area contributed by atoms with Gasteiger partial charge in [0.2, 0.25) is 10.0 Å². The summed E-state index contributed by atoms with van der Waals surface area (Å²) < 4.78 is 33.7. The quantitative estimate of drug-likeness (QED) is 0.700. The molecule has 0 N–H and O–H groups in total. The summed E-state index contributed by atoms with van der Waals surface area (Å²) in [7, 11) is -3.62. The highest BCUT2D eigenvalue weighted by molar-refractivity contribution is 7.89. The summed E-state index contributed by atoms with van der Waals surface area (Å²) in [5, 5.41) is 3.74. The largest absolute Gasteiger partial charge is 0.356 e. The predicted molar refractivity (Wildman–Crippen MR) is 97.0 cm³/mol. The van der Waals surface area contributed by atoms with E-state index >= 15 is 0 Å². The number of thiophene rings is 1. The summed E-state index contributed by atoms with van der Waals surface area (Å²) in [6, 6.07) is 9.73. The summed E-state index contributed by atoms with van der Waals surface area (Å²) in [6.45, 7) is 4.66. The third-order valence-corrected chi connectivity index (χ3v) is 7.75. The Kier molecular flexibility index (Phi) is 4.02. The topological polar surface area (TPSA) is 63.4 Å². The number of aryl methyl sites for hydroxylation is 2. The minimum absolute atomic E-state index is 0.353. The maximum Gasteiger partial charge on any atom is 0.245 e. The molecule has 0 saturated carbocycles. The van der Waals surface area contributed by atoms with E-state index in [4.69, 9.17) is 4.52 Å². The highest BCUT2D eigenvalue weighted by Gasteiger charge is 2.34. The van der Waals surface area contributed by atoms with Crippen molar-refractivity contribution in [2.75, 3.05) is 6.54 Å². The van der Waals surface area contributed by atoms with E-state index in [1.165, 1.54) is 23.1 Å². The number of benzene rings is 1. The fraction of sp³-hybridized carbons (Fsp3) is 0.278. The first-order chi connectivity index (χ1) is 12.0. The fourth-order valence-corrected chi connectivity index (χ4v) is 6.65. The average Bonchev–Trinajstić information content (AvgIpc) is 3.21. The van der Waals surface area contributed by atoms with E-state index in [2.05, 4.69) is 11.2 Å². The Bertz CT molecular complexity index is 1020. The van der Waals surface area contributed by atoms with Crippen molar-refractivity contribution in [1.82, 2.24) is 9.46 Å². The van der Waals surface area contributed by atoms with Gasteiger partial charge in [-0.25, -0.2) is 8.42 Å². The molecule has 3 heterocycles. The Morgan fingerprint density at radius 2 is 1.88 bits per heavy atom. The van der Waals surface area contributed by atoms with Crippen molar-refractivity contribution < 1.29 is 12.9 Å². The van der Waals surface area contributed by atoms with E-state index in [-0.39, 0.29) is 0 Å². The second kappa shape index (κ2) is 6.09. The third kappa shape index (κ3) is 2.72. The molecule has 3 aromatic rings. The number of hydrogen-bond donors (Lipinski definition) is 0. The predicted octanol–water partition coefficient (Wildman–Crippen LogP) is 3.77. The van der Waals surface area contributed by atoms with Crippen LogP contribution >= 0.6 is 11.3 Å². The third-order valence-electron chi connectivity index (χ3n) is 4.58. The van der Waals surface area contributed by atoms with Crippen molar-refractivity contribution in [1.29, 1.82) is 0 Å². The van der Waals surface area contributed by atoms with E-state index in [1.54, 1.807) is 10.4 Å². The zero-order valence-electron chi connectivity index (χ0n) is 14.0. The monoisotopic (exact) mass is 374 g/mol. The van der Waals surface area contributed by atoms with E-state index in [1.807, 2.05) is 32.0 Å². The Morgan fingerprint density at radius 3 is 2.60 bits per heavy atom. The molecule has 0 amide bonds. The van der Waals surface area contributed by atoms with Gasteiger partial charge in [-0.3, -0.25) is 0 Å². The molecule has 0 atom stereocenters. The van der Waals surface area contributed by atoms with Crippen molar-refractivity contribution in [3.05, 3.63) is 57.4 Å². The summed E-state index contributed by atoms with van der Waals surface area (Å²) in [5.74, 6) is 0.498. The molecule has 1 aliphatic heterocycles. The van der Waals surface area contributed by atoms with Crippen LogP contribution in [-0.2, 0) is 23.0 Å². The Morgan fingerprint density at radius 1 is 1.12 bits per heavy atom. The number of nitrogens with zero attached hydrogens (tertiary/aromatic N) is 2. The molecule has 5 nitrogen and oxygen atoms in total. The van der Waals surface area contributed by atoms with Gasteiger partial charge in [0.1, 0.15) is 4.90 Å². The molecule has 0 spiro atoms. The van der Waals surface area contributed by atoms with E-state index in [0.29, 0.717) is 29.3 Å². The molecule has 0 bridgehead atoms. The summed E-state index contributed by atoms with van der Waals surface area (Å²) >= 11 is 1.48. The number of aromatic nitrogens is 1. The van der Waals surface area contributed by atoms with Gasteiger partial charge in [-0.05, 0) is 31.4 Å². The molecule has 7 heteroatoms. The first-order valence-corrected chi connectivity index (χ1v) is 10.3. The molecule has 0 saturated heterocycles. The molecule has 130 valence electrons. The summed E-state index contributed by atoms with van der Waals surface area (Å²) in [5.41, 5.74) is 2.93. The van der Waals surface area contributed by atoms with Crippen molar-refractivity contribution in [3.63, 3.8) is 0 Å². The zero-order valence-corrected chi connectivity index (χ0v) is 15.7. The molecular formula is C18H18N2O3S2. The minimum Gasteiger partial charge on any atom is -0.356 e. The smallest absolute Gasteiger partial charge is 0.245 e. The molecule has 25 heavy (non-hydrogen) atoms. The molecule has 0 unspecified atom stereocenters. The SMILES string of the molecule is Cc1sc(C)c(S(=O)(=O)N2CCc3ccccc3C2)c1-c1ccno1. The van der Waals surface area contributed by atoms with Gasteiger partial charge in [0.25, 0.3) is 0 Å². The lowest BCUT2D eigenvalue weighted by atomic mass is 10.0. The van der Waals surface area contributed by atoms with Gasteiger partial charge in [0, 0.05) is 28.9 Å². The van der Waals surface area contributed by atoms with Gasteiger partial charge in [0.05, 0.1) is 11.8 Å². The van der Waals surface area contributed by atoms with Gasteiger partial charge >= 0.3 is 0 Å². The molecule has 0 fully saturated rings. The van der Waals surface area contributed by atoms with Crippen molar-refractivity contribution in [2.45, 2.75) is 31.7 Å². The van der Waals surface area contributed by atoms with Crippen LogP contribution in [0.2, 0.25) is 0 Å². The standard InChI is InChI=1S/C18H18N2O3S2/c1-12-17(16-7-9-19-23-16)18(13(2)24-12)25(21,22)20-10-8-14-5-3-4-6-15(14)11-20/h3-7,9H,8,10-11H2,1-2H3. The van der Waals surface area contributed by atoms with Gasteiger partial charge in [-0.2, -0.15) is 4.31 Å². The van der Waals surface area contributed by atoms with E-state index in [9.17, 15) is 8.42 Å².